The average molecular weight is 388 g/mol. The van der Waals surface area contributed by atoms with Crippen LogP contribution in [0.1, 0.15) is 40.5 Å². The fourth-order valence-corrected chi connectivity index (χ4v) is 3.37. The molecular weight excluding hydrogens is 371 g/mol. The first-order chi connectivity index (χ1) is 13.0. The summed E-state index contributed by atoms with van der Waals surface area (Å²) < 4.78 is 19.3. The summed E-state index contributed by atoms with van der Waals surface area (Å²) in [5, 5.41) is 1.69. The number of benzene rings is 1. The molecule has 8 heteroatoms. The lowest BCUT2D eigenvalue weighted by Gasteiger charge is -2.06. The molecule has 0 radical (unpaired) electrons. The Labute approximate surface area is 158 Å². The molecule has 3 aromatic rings. The molecule has 0 N–H and O–H groups in total. The summed E-state index contributed by atoms with van der Waals surface area (Å²) in [6.07, 6.45) is 2.90. The van der Waals surface area contributed by atoms with E-state index in [2.05, 4.69) is 4.98 Å². The highest BCUT2D eigenvalue weighted by Gasteiger charge is 2.19. The van der Waals surface area contributed by atoms with Crippen molar-refractivity contribution in [3.05, 3.63) is 63.3 Å². The van der Waals surface area contributed by atoms with Gasteiger partial charge in [0.1, 0.15) is 10.6 Å². The monoisotopic (exact) mass is 388 g/mol. The molecule has 2 aromatic heterocycles. The van der Waals surface area contributed by atoms with Crippen molar-refractivity contribution >= 4 is 33.3 Å². The predicted molar refractivity (Wildman–Crippen MR) is 99.8 cm³/mol. The van der Waals surface area contributed by atoms with Crippen LogP contribution in [0.25, 0.3) is 10.2 Å². The van der Waals surface area contributed by atoms with Gasteiger partial charge in [-0.2, -0.15) is 0 Å². The topological polar surface area (TPSA) is 78.3 Å². The zero-order valence-corrected chi connectivity index (χ0v) is 15.4. The Balaban J connectivity index is 1.89. The van der Waals surface area contributed by atoms with Crippen LogP contribution in [0.3, 0.4) is 0 Å². The number of nitrogens with zero attached hydrogens (tertiary/aromatic N) is 2. The van der Waals surface area contributed by atoms with E-state index >= 15 is 0 Å². The Morgan fingerprint density at radius 1 is 1.26 bits per heavy atom. The summed E-state index contributed by atoms with van der Waals surface area (Å²) in [5.74, 6) is -1.38. The van der Waals surface area contributed by atoms with Crippen LogP contribution >= 0.6 is 11.3 Å². The first-order valence-corrected chi connectivity index (χ1v) is 9.31. The van der Waals surface area contributed by atoms with Crippen molar-refractivity contribution in [3.63, 3.8) is 0 Å². The first-order valence-electron chi connectivity index (χ1n) is 8.43. The minimum absolute atomic E-state index is 0.149. The highest BCUT2D eigenvalue weighted by Crippen LogP contribution is 2.21. The molecule has 0 aliphatic heterocycles. The van der Waals surface area contributed by atoms with E-state index < -0.39 is 17.3 Å². The maximum Gasteiger partial charge on any atom is 0.339 e. The summed E-state index contributed by atoms with van der Waals surface area (Å²) in [6, 6.07) is 5.08. The molecule has 0 spiro atoms. The summed E-state index contributed by atoms with van der Waals surface area (Å²) in [7, 11) is 0. The molecule has 0 amide bonds. The third-order valence-electron chi connectivity index (χ3n) is 3.99. The zero-order valence-electron chi connectivity index (χ0n) is 14.6. The maximum atomic E-state index is 13.0. The van der Waals surface area contributed by atoms with Crippen molar-refractivity contribution in [2.45, 2.75) is 26.3 Å². The molecule has 0 unspecified atom stereocenters. The van der Waals surface area contributed by atoms with Crippen LogP contribution < -0.4 is 5.56 Å². The lowest BCUT2D eigenvalue weighted by atomic mass is 10.1. The van der Waals surface area contributed by atoms with Crippen LogP contribution in [0.15, 0.2) is 40.8 Å². The van der Waals surface area contributed by atoms with Crippen molar-refractivity contribution in [3.8, 4) is 0 Å². The van der Waals surface area contributed by atoms with Crippen molar-refractivity contribution in [2.24, 2.45) is 0 Å². The number of carbonyl (C=O) groups is 2. The molecule has 0 saturated heterocycles. The van der Waals surface area contributed by atoms with Crippen LogP contribution in [0.5, 0.6) is 0 Å². The van der Waals surface area contributed by atoms with Gasteiger partial charge in [-0.15, -0.1) is 11.3 Å². The second-order valence-electron chi connectivity index (χ2n) is 5.93. The Hall–Kier alpha value is -2.87. The molecule has 0 saturated carbocycles. The molecule has 1 aromatic carbocycles. The van der Waals surface area contributed by atoms with Gasteiger partial charge >= 0.3 is 5.97 Å². The number of halogens is 1. The Morgan fingerprint density at radius 2 is 2.00 bits per heavy atom. The smallest absolute Gasteiger partial charge is 0.339 e. The number of carbonyl (C=O) groups excluding carboxylic acids is 2. The quantitative estimate of drug-likeness (QED) is 0.352. The van der Waals surface area contributed by atoms with Gasteiger partial charge in [0.25, 0.3) is 5.56 Å². The molecule has 6 nitrogen and oxygen atoms in total. The second-order valence-corrected chi connectivity index (χ2v) is 6.78. The number of rotatable bonds is 7. The van der Waals surface area contributed by atoms with E-state index in [4.69, 9.17) is 4.74 Å². The minimum Gasteiger partial charge on any atom is -0.462 e. The van der Waals surface area contributed by atoms with E-state index in [9.17, 15) is 18.8 Å². The largest absolute Gasteiger partial charge is 0.462 e. The zero-order chi connectivity index (χ0) is 19.4. The van der Waals surface area contributed by atoms with Crippen LogP contribution in [-0.4, -0.2) is 27.9 Å². The fraction of sp³-hybridized carbons (Fsp3) is 0.263. The van der Waals surface area contributed by atoms with Crippen molar-refractivity contribution < 1.29 is 18.7 Å². The van der Waals surface area contributed by atoms with Gasteiger partial charge in [-0.05, 0) is 30.7 Å². The molecule has 27 heavy (non-hydrogen) atoms. The number of fused-ring (bicyclic) bond motifs is 1. The maximum absolute atomic E-state index is 13.0. The molecule has 0 bridgehead atoms. The molecule has 140 valence electrons. The van der Waals surface area contributed by atoms with E-state index in [0.29, 0.717) is 4.83 Å². The first kappa shape index (κ1) is 18.9. The second kappa shape index (κ2) is 8.22. The third kappa shape index (κ3) is 4.11. The van der Waals surface area contributed by atoms with E-state index in [0.717, 1.165) is 17.4 Å². The number of unbranched alkanes of at least 4 members (excludes halogenated alkanes) is 1. The van der Waals surface area contributed by atoms with E-state index in [1.807, 2.05) is 6.92 Å². The standard InChI is InChI=1S/C19H17FN2O4S/c1-2-3-8-26-19(25)14-10-27-17-16(14)18(24)22(11-21-17)9-15(23)12-4-6-13(20)7-5-12/h4-7,10-11H,2-3,8-9H2,1H3. The van der Waals surface area contributed by atoms with E-state index in [-0.39, 0.29) is 35.4 Å². The third-order valence-corrected chi connectivity index (χ3v) is 4.88. The Morgan fingerprint density at radius 3 is 2.70 bits per heavy atom. The summed E-state index contributed by atoms with van der Waals surface area (Å²) in [6.45, 7) is 2.01. The van der Waals surface area contributed by atoms with Crippen molar-refractivity contribution in [1.29, 1.82) is 0 Å². The number of hydrogen-bond donors (Lipinski definition) is 0. The predicted octanol–water partition coefficient (Wildman–Crippen LogP) is 3.44. The molecule has 2 heterocycles. The summed E-state index contributed by atoms with van der Waals surface area (Å²) >= 11 is 1.17. The number of thiophene rings is 1. The van der Waals surface area contributed by atoms with Crippen molar-refractivity contribution in [1.82, 2.24) is 9.55 Å². The van der Waals surface area contributed by atoms with Crippen LogP contribution in [0.4, 0.5) is 4.39 Å². The van der Waals surface area contributed by atoms with Gasteiger partial charge < -0.3 is 4.74 Å². The number of aromatic nitrogens is 2. The SMILES string of the molecule is CCCCOC(=O)c1csc2ncn(CC(=O)c3ccc(F)cc3)c(=O)c12. The summed E-state index contributed by atoms with van der Waals surface area (Å²) in [5.41, 5.74) is -0.0424. The fourth-order valence-electron chi connectivity index (χ4n) is 2.50. The summed E-state index contributed by atoms with van der Waals surface area (Å²) in [4.78, 5) is 41.9. The molecular formula is C19H17FN2O4S. The van der Waals surface area contributed by atoms with Crippen LogP contribution in [0, 0.1) is 5.82 Å². The number of esters is 1. The number of ether oxygens (including phenoxy) is 1. The van der Waals surface area contributed by atoms with Gasteiger partial charge in [-0.1, -0.05) is 13.3 Å². The molecule has 0 fully saturated rings. The van der Waals surface area contributed by atoms with Crippen LogP contribution in [-0.2, 0) is 11.3 Å². The normalized spacial score (nSPS) is 10.9. The van der Waals surface area contributed by atoms with Gasteiger partial charge in [-0.3, -0.25) is 14.2 Å². The van der Waals surface area contributed by atoms with Crippen LogP contribution in [0.2, 0.25) is 0 Å². The highest BCUT2D eigenvalue weighted by atomic mass is 32.1. The molecule has 0 atom stereocenters. The van der Waals surface area contributed by atoms with Gasteiger partial charge in [0.15, 0.2) is 5.78 Å². The van der Waals surface area contributed by atoms with Gasteiger partial charge in [0, 0.05) is 10.9 Å². The highest BCUT2D eigenvalue weighted by molar-refractivity contribution is 7.17. The van der Waals surface area contributed by atoms with Gasteiger partial charge in [0.2, 0.25) is 0 Å². The van der Waals surface area contributed by atoms with Gasteiger partial charge in [-0.25, -0.2) is 14.2 Å². The van der Waals surface area contributed by atoms with Crippen molar-refractivity contribution in [2.75, 3.05) is 6.61 Å². The number of hydrogen-bond acceptors (Lipinski definition) is 6. The number of Topliss-reactive ketones (excluding diaryl/α,β-unsaturated/α-hetero) is 1. The lowest BCUT2D eigenvalue weighted by molar-refractivity contribution is 0.0502. The van der Waals surface area contributed by atoms with E-state index in [1.54, 1.807) is 5.38 Å². The average Bonchev–Trinajstić information content (AvgIpc) is 3.09. The minimum atomic E-state index is -0.573. The molecule has 0 aliphatic carbocycles. The Kier molecular flexibility index (Phi) is 5.75. The lowest BCUT2D eigenvalue weighted by Crippen LogP contribution is -2.25. The Bertz CT molecular complexity index is 1040. The molecule has 3 rings (SSSR count). The number of ketones is 1. The van der Waals surface area contributed by atoms with E-state index in [1.165, 1.54) is 41.9 Å². The molecule has 0 aliphatic rings. The van der Waals surface area contributed by atoms with Gasteiger partial charge in [0.05, 0.1) is 30.4 Å².